The van der Waals surface area contributed by atoms with E-state index in [4.69, 9.17) is 0 Å². The molecule has 3 aromatic rings. The number of nitrogens with zero attached hydrogens (tertiary/aromatic N) is 1. The van der Waals surface area contributed by atoms with Crippen LogP contribution in [0.25, 0.3) is 10.1 Å². The molecule has 1 aromatic heterocycles. The number of benzene rings is 2. The number of hydrogen-bond acceptors (Lipinski definition) is 2. The van der Waals surface area contributed by atoms with Crippen molar-refractivity contribution in [1.82, 2.24) is 3.96 Å². The number of aromatic nitrogens is 1. The summed E-state index contributed by atoms with van der Waals surface area (Å²) in [6.45, 7) is 2.70. The SMILES string of the molecule is Cc1ccc2c(=O)n(Cc3ccccc3)sc2c1. The van der Waals surface area contributed by atoms with Gasteiger partial charge in [0.2, 0.25) is 0 Å². The van der Waals surface area contributed by atoms with Crippen molar-refractivity contribution < 1.29 is 0 Å². The summed E-state index contributed by atoms with van der Waals surface area (Å²) in [6.07, 6.45) is 0. The summed E-state index contributed by atoms with van der Waals surface area (Å²) in [4.78, 5) is 12.2. The van der Waals surface area contributed by atoms with E-state index in [-0.39, 0.29) is 5.56 Å². The van der Waals surface area contributed by atoms with Crippen molar-refractivity contribution >= 4 is 21.6 Å². The lowest BCUT2D eigenvalue weighted by Crippen LogP contribution is -2.13. The van der Waals surface area contributed by atoms with Gasteiger partial charge in [0.25, 0.3) is 5.56 Å². The molecule has 90 valence electrons. The molecule has 2 aromatic carbocycles. The number of aryl methyl sites for hydroxylation is 1. The standard InChI is InChI=1S/C15H13NOS/c1-11-7-8-13-14(9-11)18-16(15(13)17)10-12-5-3-2-4-6-12/h2-9H,10H2,1H3. The van der Waals surface area contributed by atoms with Crippen LogP contribution in [0.2, 0.25) is 0 Å². The molecular formula is C15H13NOS. The summed E-state index contributed by atoms with van der Waals surface area (Å²) in [7, 11) is 0. The molecule has 0 unspecified atom stereocenters. The number of rotatable bonds is 2. The first kappa shape index (κ1) is 11.2. The minimum atomic E-state index is 0.110. The molecule has 0 radical (unpaired) electrons. The molecular weight excluding hydrogens is 242 g/mol. The van der Waals surface area contributed by atoms with Gasteiger partial charge in [-0.2, -0.15) is 0 Å². The van der Waals surface area contributed by atoms with Gasteiger partial charge in [-0.3, -0.25) is 8.75 Å². The molecule has 0 amide bonds. The van der Waals surface area contributed by atoms with E-state index in [1.54, 1.807) is 0 Å². The largest absolute Gasteiger partial charge is 0.268 e. The molecule has 0 aliphatic rings. The van der Waals surface area contributed by atoms with E-state index in [1.165, 1.54) is 17.1 Å². The molecule has 0 fully saturated rings. The van der Waals surface area contributed by atoms with E-state index in [9.17, 15) is 4.79 Å². The molecule has 1 heterocycles. The molecule has 3 rings (SSSR count). The molecule has 0 aliphatic heterocycles. The second-order valence-corrected chi connectivity index (χ2v) is 5.48. The first-order valence-electron chi connectivity index (χ1n) is 5.88. The minimum Gasteiger partial charge on any atom is -0.268 e. The number of fused-ring (bicyclic) bond motifs is 1. The van der Waals surface area contributed by atoms with Gasteiger partial charge in [-0.15, -0.1) is 0 Å². The van der Waals surface area contributed by atoms with Crippen LogP contribution in [0.1, 0.15) is 11.1 Å². The molecule has 0 atom stereocenters. The maximum atomic E-state index is 12.2. The highest BCUT2D eigenvalue weighted by molar-refractivity contribution is 7.13. The van der Waals surface area contributed by atoms with E-state index in [0.717, 1.165) is 15.6 Å². The van der Waals surface area contributed by atoms with Crippen LogP contribution in [0.3, 0.4) is 0 Å². The van der Waals surface area contributed by atoms with Gasteiger partial charge in [-0.25, -0.2) is 0 Å². The van der Waals surface area contributed by atoms with E-state index < -0.39 is 0 Å². The van der Waals surface area contributed by atoms with E-state index in [2.05, 4.69) is 6.07 Å². The molecule has 0 bridgehead atoms. The Morgan fingerprint density at radius 3 is 2.67 bits per heavy atom. The average Bonchev–Trinajstić information content (AvgIpc) is 2.67. The Morgan fingerprint density at radius 1 is 1.11 bits per heavy atom. The van der Waals surface area contributed by atoms with Crippen LogP contribution in [0, 0.1) is 6.92 Å². The average molecular weight is 255 g/mol. The highest BCUT2D eigenvalue weighted by atomic mass is 32.1. The van der Waals surface area contributed by atoms with Crippen LogP contribution in [0.5, 0.6) is 0 Å². The first-order valence-corrected chi connectivity index (χ1v) is 6.66. The topological polar surface area (TPSA) is 22.0 Å². The Balaban J connectivity index is 2.08. The predicted octanol–water partition coefficient (Wildman–Crippen LogP) is 3.42. The quantitative estimate of drug-likeness (QED) is 0.687. The van der Waals surface area contributed by atoms with E-state index in [0.29, 0.717) is 6.54 Å². The second kappa shape index (κ2) is 4.42. The Labute approximate surface area is 109 Å². The van der Waals surface area contributed by atoms with Crippen molar-refractivity contribution in [2.24, 2.45) is 0 Å². The van der Waals surface area contributed by atoms with Gasteiger partial charge < -0.3 is 0 Å². The van der Waals surface area contributed by atoms with Gasteiger partial charge in [-0.1, -0.05) is 47.9 Å². The summed E-state index contributed by atoms with van der Waals surface area (Å²) in [6, 6.07) is 16.1. The molecule has 3 heteroatoms. The summed E-state index contributed by atoms with van der Waals surface area (Å²) >= 11 is 1.54. The van der Waals surface area contributed by atoms with Crippen molar-refractivity contribution in [1.29, 1.82) is 0 Å². The van der Waals surface area contributed by atoms with Gasteiger partial charge in [0.05, 0.1) is 16.6 Å². The zero-order chi connectivity index (χ0) is 12.5. The summed E-state index contributed by atoms with van der Waals surface area (Å²) in [5.41, 5.74) is 2.46. The van der Waals surface area contributed by atoms with Crippen LogP contribution < -0.4 is 5.56 Å². The zero-order valence-corrected chi connectivity index (χ0v) is 10.9. The molecule has 18 heavy (non-hydrogen) atoms. The molecule has 0 saturated heterocycles. The van der Waals surface area contributed by atoms with Gasteiger partial charge in [0.1, 0.15) is 0 Å². The Morgan fingerprint density at radius 2 is 1.89 bits per heavy atom. The smallest absolute Gasteiger partial charge is 0.268 e. The third-order valence-corrected chi connectivity index (χ3v) is 4.02. The van der Waals surface area contributed by atoms with Gasteiger partial charge in [-0.05, 0) is 30.2 Å². The lowest BCUT2D eigenvalue weighted by atomic mass is 10.2. The first-order chi connectivity index (χ1) is 8.74. The predicted molar refractivity (Wildman–Crippen MR) is 76.4 cm³/mol. The lowest BCUT2D eigenvalue weighted by Gasteiger charge is -1.99. The van der Waals surface area contributed by atoms with Crippen LogP contribution in [-0.4, -0.2) is 3.96 Å². The summed E-state index contributed by atoms with van der Waals surface area (Å²) < 4.78 is 2.88. The fourth-order valence-electron chi connectivity index (χ4n) is 2.03. The van der Waals surface area contributed by atoms with Crippen molar-refractivity contribution in [3.05, 3.63) is 70.0 Å². The summed E-state index contributed by atoms with van der Waals surface area (Å²) in [5, 5.41) is 0.821. The van der Waals surface area contributed by atoms with Crippen LogP contribution >= 0.6 is 11.5 Å². The van der Waals surface area contributed by atoms with Crippen molar-refractivity contribution in [2.75, 3.05) is 0 Å². The fourth-order valence-corrected chi connectivity index (χ4v) is 3.15. The van der Waals surface area contributed by atoms with Gasteiger partial charge in [0, 0.05) is 0 Å². The third kappa shape index (κ3) is 1.97. The maximum absolute atomic E-state index is 12.2. The number of hydrogen-bond donors (Lipinski definition) is 0. The zero-order valence-electron chi connectivity index (χ0n) is 10.1. The normalized spacial score (nSPS) is 10.9. The minimum absolute atomic E-state index is 0.110. The third-order valence-electron chi connectivity index (χ3n) is 2.97. The van der Waals surface area contributed by atoms with Crippen molar-refractivity contribution in [3.63, 3.8) is 0 Å². The molecule has 0 saturated carbocycles. The van der Waals surface area contributed by atoms with Gasteiger partial charge >= 0.3 is 0 Å². The molecule has 0 spiro atoms. The molecule has 2 nitrogen and oxygen atoms in total. The molecule has 0 aliphatic carbocycles. The van der Waals surface area contributed by atoms with E-state index in [1.807, 2.05) is 53.3 Å². The summed E-state index contributed by atoms with van der Waals surface area (Å²) in [5.74, 6) is 0. The highest BCUT2D eigenvalue weighted by Crippen LogP contribution is 2.19. The van der Waals surface area contributed by atoms with Crippen molar-refractivity contribution in [2.45, 2.75) is 13.5 Å². The fraction of sp³-hybridized carbons (Fsp3) is 0.133. The van der Waals surface area contributed by atoms with Crippen LogP contribution in [0.15, 0.2) is 53.3 Å². The lowest BCUT2D eigenvalue weighted by molar-refractivity contribution is 0.854. The van der Waals surface area contributed by atoms with Crippen LogP contribution in [0.4, 0.5) is 0 Å². The van der Waals surface area contributed by atoms with Gasteiger partial charge in [0.15, 0.2) is 0 Å². The van der Waals surface area contributed by atoms with Crippen molar-refractivity contribution in [3.8, 4) is 0 Å². The Bertz CT molecular complexity index is 740. The monoisotopic (exact) mass is 255 g/mol. The highest BCUT2D eigenvalue weighted by Gasteiger charge is 2.07. The Hall–Kier alpha value is -1.87. The van der Waals surface area contributed by atoms with Crippen LogP contribution in [-0.2, 0) is 6.54 Å². The second-order valence-electron chi connectivity index (χ2n) is 4.42. The molecule has 0 N–H and O–H groups in total. The Kier molecular flexibility index (Phi) is 2.76. The van der Waals surface area contributed by atoms with E-state index >= 15 is 0 Å². The maximum Gasteiger partial charge on any atom is 0.268 e.